The molecule has 1 aromatic heterocycles. The highest BCUT2D eigenvalue weighted by molar-refractivity contribution is 6.39. The number of nitrogens with one attached hydrogen (secondary N) is 2. The van der Waals surface area contributed by atoms with Crippen molar-refractivity contribution >= 4 is 46.6 Å². The zero-order valence-corrected chi connectivity index (χ0v) is 21.8. The number of amides is 3. The average Bonchev–Trinajstić information content (AvgIpc) is 3.33. The topological polar surface area (TPSA) is 88.5 Å². The van der Waals surface area contributed by atoms with Crippen molar-refractivity contribution in [3.8, 4) is 16.9 Å². The standard InChI is InChI=1S/C27H24Cl2FN5O3/c1-38-15-14-34(27(37)32-26-21(28)8-5-9-22(26)29)17-25(36)31-24-16-23(18-6-3-2-4-7-18)33-35(24)20-12-10-19(30)11-13-20/h2-13,16H,14-15,17H2,1H3,(H,31,36)(H,32,37). The number of anilines is 2. The number of ether oxygens (including phenoxy) is 1. The van der Waals surface area contributed by atoms with Gasteiger partial charge in [0.25, 0.3) is 0 Å². The van der Waals surface area contributed by atoms with E-state index < -0.39 is 17.8 Å². The molecule has 38 heavy (non-hydrogen) atoms. The fourth-order valence-corrected chi connectivity index (χ4v) is 4.10. The zero-order chi connectivity index (χ0) is 27.1. The molecule has 1 heterocycles. The zero-order valence-electron chi connectivity index (χ0n) is 20.3. The molecule has 0 aliphatic heterocycles. The number of para-hydroxylation sites is 1. The highest BCUT2D eigenvalue weighted by atomic mass is 35.5. The molecule has 0 aliphatic rings. The molecule has 0 saturated carbocycles. The number of rotatable bonds is 9. The second kappa shape index (κ2) is 12.6. The van der Waals surface area contributed by atoms with Crippen molar-refractivity contribution in [1.29, 1.82) is 0 Å². The van der Waals surface area contributed by atoms with Gasteiger partial charge in [0.15, 0.2) is 0 Å². The van der Waals surface area contributed by atoms with Gasteiger partial charge in [0.1, 0.15) is 18.2 Å². The fourth-order valence-electron chi connectivity index (χ4n) is 3.61. The van der Waals surface area contributed by atoms with E-state index in [2.05, 4.69) is 15.7 Å². The maximum absolute atomic E-state index is 13.5. The molecule has 0 unspecified atom stereocenters. The first-order chi connectivity index (χ1) is 18.4. The van der Waals surface area contributed by atoms with Crippen LogP contribution in [0.5, 0.6) is 0 Å². The molecule has 2 N–H and O–H groups in total. The van der Waals surface area contributed by atoms with Gasteiger partial charge in [0.05, 0.1) is 33.7 Å². The minimum Gasteiger partial charge on any atom is -0.383 e. The van der Waals surface area contributed by atoms with Crippen molar-refractivity contribution in [2.75, 3.05) is 37.4 Å². The Hall–Kier alpha value is -3.92. The molecule has 196 valence electrons. The maximum atomic E-state index is 13.5. The van der Waals surface area contributed by atoms with E-state index >= 15 is 0 Å². The van der Waals surface area contributed by atoms with E-state index in [4.69, 9.17) is 27.9 Å². The summed E-state index contributed by atoms with van der Waals surface area (Å²) in [5, 5.41) is 10.6. The van der Waals surface area contributed by atoms with Crippen LogP contribution in [0.4, 0.5) is 20.7 Å². The fraction of sp³-hybridized carbons (Fsp3) is 0.148. The van der Waals surface area contributed by atoms with Gasteiger partial charge < -0.3 is 20.3 Å². The summed E-state index contributed by atoms with van der Waals surface area (Å²) in [4.78, 5) is 27.4. The number of hydrogen-bond acceptors (Lipinski definition) is 4. The molecule has 3 aromatic carbocycles. The van der Waals surface area contributed by atoms with Crippen LogP contribution < -0.4 is 10.6 Å². The Morgan fingerprint density at radius 1 is 0.974 bits per heavy atom. The molecule has 0 fully saturated rings. The molecule has 0 atom stereocenters. The van der Waals surface area contributed by atoms with Gasteiger partial charge in [-0.3, -0.25) is 4.79 Å². The van der Waals surface area contributed by atoms with Gasteiger partial charge in [-0.2, -0.15) is 5.10 Å². The van der Waals surface area contributed by atoms with Crippen LogP contribution in [0.1, 0.15) is 0 Å². The summed E-state index contributed by atoms with van der Waals surface area (Å²) < 4.78 is 20.2. The van der Waals surface area contributed by atoms with Crippen molar-refractivity contribution < 1.29 is 18.7 Å². The van der Waals surface area contributed by atoms with Crippen LogP contribution in [-0.4, -0.2) is 53.4 Å². The van der Waals surface area contributed by atoms with Crippen LogP contribution >= 0.6 is 23.2 Å². The third kappa shape index (κ3) is 6.69. The Labute approximate surface area is 228 Å². The Morgan fingerprint density at radius 2 is 1.66 bits per heavy atom. The van der Waals surface area contributed by atoms with Gasteiger partial charge in [-0.15, -0.1) is 0 Å². The van der Waals surface area contributed by atoms with E-state index in [0.717, 1.165) is 5.56 Å². The number of halogens is 3. The van der Waals surface area contributed by atoms with Gasteiger partial charge in [0.2, 0.25) is 5.91 Å². The highest BCUT2D eigenvalue weighted by Gasteiger charge is 2.21. The van der Waals surface area contributed by atoms with Crippen LogP contribution in [-0.2, 0) is 9.53 Å². The van der Waals surface area contributed by atoms with Gasteiger partial charge in [0, 0.05) is 25.3 Å². The minimum atomic E-state index is -0.579. The van der Waals surface area contributed by atoms with E-state index in [1.165, 1.54) is 28.8 Å². The number of hydrogen-bond donors (Lipinski definition) is 2. The number of urea groups is 1. The molecule has 0 saturated heterocycles. The first-order valence-corrected chi connectivity index (χ1v) is 12.3. The number of methoxy groups -OCH3 is 1. The number of carbonyl (C=O) groups excluding carboxylic acids is 2. The maximum Gasteiger partial charge on any atom is 0.322 e. The van der Waals surface area contributed by atoms with Crippen LogP contribution in [0, 0.1) is 5.82 Å². The summed E-state index contributed by atoms with van der Waals surface area (Å²) in [6.45, 7) is 0.0273. The number of benzene rings is 3. The van der Waals surface area contributed by atoms with Crippen LogP contribution in [0.25, 0.3) is 16.9 Å². The lowest BCUT2D eigenvalue weighted by Crippen LogP contribution is -2.42. The molecule has 0 bridgehead atoms. The van der Waals surface area contributed by atoms with Crippen molar-refractivity contribution in [1.82, 2.24) is 14.7 Å². The minimum absolute atomic E-state index is 0.129. The van der Waals surface area contributed by atoms with Crippen LogP contribution in [0.15, 0.2) is 78.9 Å². The molecule has 0 spiro atoms. The number of aromatic nitrogens is 2. The van der Waals surface area contributed by atoms with Crippen LogP contribution in [0.2, 0.25) is 10.0 Å². The molecule has 0 aliphatic carbocycles. The third-order valence-corrected chi connectivity index (χ3v) is 6.13. The molecule has 3 amide bonds. The number of nitrogens with zero attached hydrogens (tertiary/aromatic N) is 3. The molecule has 8 nitrogen and oxygen atoms in total. The Kier molecular flexibility index (Phi) is 8.96. The van der Waals surface area contributed by atoms with E-state index in [1.807, 2.05) is 30.3 Å². The van der Waals surface area contributed by atoms with Gasteiger partial charge in [-0.05, 0) is 36.4 Å². The lowest BCUT2D eigenvalue weighted by molar-refractivity contribution is -0.116. The Morgan fingerprint density at radius 3 is 2.32 bits per heavy atom. The number of carbonyl (C=O) groups is 2. The van der Waals surface area contributed by atoms with Crippen molar-refractivity contribution in [2.24, 2.45) is 0 Å². The van der Waals surface area contributed by atoms with E-state index in [9.17, 15) is 14.0 Å². The summed E-state index contributed by atoms with van der Waals surface area (Å²) in [7, 11) is 1.49. The predicted molar refractivity (Wildman–Crippen MR) is 147 cm³/mol. The summed E-state index contributed by atoms with van der Waals surface area (Å²) in [5.41, 5.74) is 2.23. The second-order valence-corrected chi connectivity index (χ2v) is 8.97. The molecule has 0 radical (unpaired) electrons. The predicted octanol–water partition coefficient (Wildman–Crippen LogP) is 6.10. The van der Waals surface area contributed by atoms with Crippen LogP contribution in [0.3, 0.4) is 0 Å². The van der Waals surface area contributed by atoms with E-state index in [1.54, 1.807) is 36.4 Å². The lowest BCUT2D eigenvalue weighted by atomic mass is 10.1. The highest BCUT2D eigenvalue weighted by Crippen LogP contribution is 2.30. The molecule has 4 rings (SSSR count). The van der Waals surface area contributed by atoms with Gasteiger partial charge in [-0.25, -0.2) is 13.9 Å². The first kappa shape index (κ1) is 27.1. The smallest absolute Gasteiger partial charge is 0.322 e. The van der Waals surface area contributed by atoms with E-state index in [0.29, 0.717) is 17.2 Å². The first-order valence-electron chi connectivity index (χ1n) is 11.6. The van der Waals surface area contributed by atoms with Crippen molar-refractivity contribution in [2.45, 2.75) is 0 Å². The van der Waals surface area contributed by atoms with Crippen molar-refractivity contribution in [3.63, 3.8) is 0 Å². The Balaban J connectivity index is 1.57. The molecular formula is C27H24Cl2FN5O3. The van der Waals surface area contributed by atoms with Gasteiger partial charge >= 0.3 is 6.03 Å². The lowest BCUT2D eigenvalue weighted by Gasteiger charge is -2.23. The second-order valence-electron chi connectivity index (χ2n) is 8.16. The SMILES string of the molecule is COCCN(CC(=O)Nc1cc(-c2ccccc2)nn1-c1ccc(F)cc1)C(=O)Nc1c(Cl)cccc1Cl. The summed E-state index contributed by atoms with van der Waals surface area (Å²) >= 11 is 12.4. The summed E-state index contributed by atoms with van der Waals surface area (Å²) in [6, 6.07) is 21.1. The largest absolute Gasteiger partial charge is 0.383 e. The Bertz CT molecular complexity index is 1390. The monoisotopic (exact) mass is 555 g/mol. The third-order valence-electron chi connectivity index (χ3n) is 5.50. The average molecular weight is 556 g/mol. The molecular weight excluding hydrogens is 532 g/mol. The molecule has 11 heteroatoms. The van der Waals surface area contributed by atoms with Crippen molar-refractivity contribution in [3.05, 3.63) is 94.7 Å². The van der Waals surface area contributed by atoms with Gasteiger partial charge in [-0.1, -0.05) is 59.6 Å². The summed E-state index contributed by atoms with van der Waals surface area (Å²) in [6.07, 6.45) is 0. The molecule has 4 aromatic rings. The quantitative estimate of drug-likeness (QED) is 0.261. The normalized spacial score (nSPS) is 10.7. The summed E-state index contributed by atoms with van der Waals surface area (Å²) in [5.74, 6) is -0.528. The van der Waals surface area contributed by atoms with E-state index in [-0.39, 0.29) is 35.4 Å².